The van der Waals surface area contributed by atoms with Crippen LogP contribution in [0.15, 0.2) is 52.1 Å². The van der Waals surface area contributed by atoms with Crippen LogP contribution in [-0.2, 0) is 17.8 Å². The monoisotopic (exact) mass is 509 g/mol. The van der Waals surface area contributed by atoms with Gasteiger partial charge in [0.2, 0.25) is 0 Å². The van der Waals surface area contributed by atoms with E-state index >= 15 is 0 Å². The van der Waals surface area contributed by atoms with Crippen LogP contribution in [0.25, 0.3) is 10.9 Å². The smallest absolute Gasteiger partial charge is 0.331 e. The van der Waals surface area contributed by atoms with Gasteiger partial charge in [-0.1, -0.05) is 18.6 Å². The van der Waals surface area contributed by atoms with Gasteiger partial charge in [0, 0.05) is 31.6 Å². The van der Waals surface area contributed by atoms with Gasteiger partial charge in [0.05, 0.1) is 30.2 Å². The van der Waals surface area contributed by atoms with Crippen molar-refractivity contribution in [3.63, 3.8) is 0 Å². The van der Waals surface area contributed by atoms with Gasteiger partial charge >= 0.3 is 11.7 Å². The van der Waals surface area contributed by atoms with Gasteiger partial charge in [-0.05, 0) is 68.8 Å². The maximum absolute atomic E-state index is 13.3. The Balaban J connectivity index is 1.61. The van der Waals surface area contributed by atoms with Gasteiger partial charge in [0.15, 0.2) is 0 Å². The number of piperidine rings is 1. The molecule has 1 aromatic heterocycles. The number of carbonyl (C=O) groups is 1. The Morgan fingerprint density at radius 1 is 0.973 bits per heavy atom. The number of aliphatic hydroxyl groups excluding tert-OH is 1. The van der Waals surface area contributed by atoms with Gasteiger partial charge in [-0.15, -0.1) is 0 Å². The van der Waals surface area contributed by atoms with Crippen molar-refractivity contribution < 1.29 is 14.6 Å². The minimum absolute atomic E-state index is 0.144. The zero-order chi connectivity index (χ0) is 26.4. The third-order valence-corrected chi connectivity index (χ3v) is 6.72. The number of urea groups is 1. The van der Waals surface area contributed by atoms with Crippen LogP contribution in [-0.4, -0.2) is 58.5 Å². The van der Waals surface area contributed by atoms with E-state index in [2.05, 4.69) is 15.5 Å². The fraction of sp³-hybridized carbons (Fsp3) is 0.444. The molecule has 37 heavy (non-hydrogen) atoms. The average molecular weight is 510 g/mol. The number of aliphatic hydroxyl groups is 1. The number of hydrogen-bond donors (Lipinski definition) is 3. The Hall–Kier alpha value is -3.47. The molecule has 0 saturated carbocycles. The van der Waals surface area contributed by atoms with Crippen molar-refractivity contribution in [2.24, 2.45) is 0 Å². The lowest BCUT2D eigenvalue weighted by atomic mass is 10.1. The number of nitrogens with one attached hydrogen (secondary N) is 2. The van der Waals surface area contributed by atoms with Crippen LogP contribution in [0, 0.1) is 0 Å². The molecule has 0 spiro atoms. The van der Waals surface area contributed by atoms with E-state index in [-0.39, 0.29) is 18.8 Å². The summed E-state index contributed by atoms with van der Waals surface area (Å²) < 4.78 is 7.97. The van der Waals surface area contributed by atoms with Crippen molar-refractivity contribution in [3.05, 3.63) is 68.9 Å². The van der Waals surface area contributed by atoms with Crippen LogP contribution >= 0.6 is 0 Å². The van der Waals surface area contributed by atoms with E-state index in [1.807, 2.05) is 0 Å². The largest absolute Gasteiger partial charge is 0.389 e. The topological polar surface area (TPSA) is 118 Å². The number of ether oxygens (including phenoxy) is 1. The van der Waals surface area contributed by atoms with Crippen LogP contribution in [0.5, 0.6) is 0 Å². The van der Waals surface area contributed by atoms with E-state index in [1.165, 1.54) is 18.1 Å². The normalized spacial score (nSPS) is 15.0. The summed E-state index contributed by atoms with van der Waals surface area (Å²) in [4.78, 5) is 41.5. The second-order valence-corrected chi connectivity index (χ2v) is 9.40. The molecule has 10 nitrogen and oxygen atoms in total. The second-order valence-electron chi connectivity index (χ2n) is 9.40. The van der Waals surface area contributed by atoms with Crippen molar-refractivity contribution in [2.75, 3.05) is 44.0 Å². The first kappa shape index (κ1) is 26.6. The van der Waals surface area contributed by atoms with Gasteiger partial charge in [-0.2, -0.15) is 0 Å². The van der Waals surface area contributed by atoms with Gasteiger partial charge in [0.1, 0.15) is 0 Å². The summed E-state index contributed by atoms with van der Waals surface area (Å²) in [5.41, 5.74) is 1.40. The Labute approximate surface area is 215 Å². The Morgan fingerprint density at radius 3 is 2.41 bits per heavy atom. The van der Waals surface area contributed by atoms with Crippen LogP contribution in [0.2, 0.25) is 0 Å². The molecule has 4 rings (SSSR count). The highest BCUT2D eigenvalue weighted by Gasteiger charge is 2.16. The highest BCUT2D eigenvalue weighted by atomic mass is 16.5. The average Bonchev–Trinajstić information content (AvgIpc) is 2.89. The molecule has 1 fully saturated rings. The van der Waals surface area contributed by atoms with E-state index in [9.17, 15) is 19.5 Å². The fourth-order valence-electron chi connectivity index (χ4n) is 4.69. The lowest BCUT2D eigenvalue weighted by molar-refractivity contribution is 0.183. The standard InChI is InChI=1S/C27H35N5O5/c1-19(33)20-7-6-8-21(17-20)28-26(35)29-22-9-10-24-23(18-22)25(34)32(15-16-37-2)27(36)31(24)14-13-30-11-4-3-5-12-30/h6-10,17-19,33H,3-5,11-16H2,1-2H3,(H2,28,29,35). The summed E-state index contributed by atoms with van der Waals surface area (Å²) in [7, 11) is 1.53. The lowest BCUT2D eigenvalue weighted by Crippen LogP contribution is -2.43. The summed E-state index contributed by atoms with van der Waals surface area (Å²) in [5, 5.41) is 15.6. The maximum Gasteiger partial charge on any atom is 0.331 e. The number of nitrogens with zero attached hydrogens (tertiary/aromatic N) is 3. The highest BCUT2D eigenvalue weighted by Crippen LogP contribution is 2.19. The second kappa shape index (κ2) is 12.2. The molecule has 3 N–H and O–H groups in total. The predicted molar refractivity (Wildman–Crippen MR) is 144 cm³/mol. The first-order chi connectivity index (χ1) is 17.9. The van der Waals surface area contributed by atoms with Crippen molar-refractivity contribution >= 4 is 28.3 Å². The first-order valence-corrected chi connectivity index (χ1v) is 12.7. The molecule has 3 aromatic rings. The molecule has 198 valence electrons. The molecule has 1 aliphatic rings. The van der Waals surface area contributed by atoms with E-state index in [1.54, 1.807) is 54.0 Å². The zero-order valence-electron chi connectivity index (χ0n) is 21.4. The lowest BCUT2D eigenvalue weighted by Gasteiger charge is -2.27. The molecule has 2 aromatic carbocycles. The van der Waals surface area contributed by atoms with Gasteiger partial charge < -0.3 is 25.4 Å². The number of anilines is 2. The quantitative estimate of drug-likeness (QED) is 0.408. The predicted octanol–water partition coefficient (Wildman–Crippen LogP) is 2.99. The Bertz CT molecular complexity index is 1360. The van der Waals surface area contributed by atoms with E-state index in [4.69, 9.17) is 4.74 Å². The number of carbonyl (C=O) groups excluding carboxylic acids is 1. The summed E-state index contributed by atoms with van der Waals surface area (Å²) in [6, 6.07) is 11.4. The van der Waals surface area contributed by atoms with E-state index < -0.39 is 17.7 Å². The highest BCUT2D eigenvalue weighted by molar-refractivity contribution is 6.01. The third-order valence-electron chi connectivity index (χ3n) is 6.72. The van der Waals surface area contributed by atoms with Crippen molar-refractivity contribution in [1.82, 2.24) is 14.0 Å². The number of benzene rings is 2. The van der Waals surface area contributed by atoms with Crippen LogP contribution < -0.4 is 21.9 Å². The fourth-order valence-corrected chi connectivity index (χ4v) is 4.69. The molecule has 1 aliphatic heterocycles. The van der Waals surface area contributed by atoms with Crippen LogP contribution in [0.3, 0.4) is 0 Å². The van der Waals surface area contributed by atoms with E-state index in [0.29, 0.717) is 34.4 Å². The van der Waals surface area contributed by atoms with Gasteiger partial charge in [-0.3, -0.25) is 13.9 Å². The van der Waals surface area contributed by atoms with Crippen molar-refractivity contribution in [2.45, 2.75) is 45.4 Å². The van der Waals surface area contributed by atoms with Crippen LogP contribution in [0.1, 0.15) is 37.9 Å². The first-order valence-electron chi connectivity index (χ1n) is 12.7. The number of amides is 2. The molecular formula is C27H35N5O5. The minimum atomic E-state index is -0.655. The number of aromatic nitrogens is 2. The number of methoxy groups -OCH3 is 1. The van der Waals surface area contributed by atoms with Gasteiger partial charge in [-0.25, -0.2) is 9.59 Å². The third kappa shape index (κ3) is 6.46. The molecule has 1 unspecified atom stereocenters. The van der Waals surface area contributed by atoms with Gasteiger partial charge in [0.25, 0.3) is 5.56 Å². The summed E-state index contributed by atoms with van der Waals surface area (Å²) in [6.45, 7) is 5.25. The summed E-state index contributed by atoms with van der Waals surface area (Å²) in [6.07, 6.45) is 2.89. The molecule has 1 atom stereocenters. The molecular weight excluding hydrogens is 474 g/mol. The number of hydrogen-bond acceptors (Lipinski definition) is 6. The van der Waals surface area contributed by atoms with Crippen molar-refractivity contribution in [3.8, 4) is 0 Å². The summed E-state index contributed by atoms with van der Waals surface area (Å²) >= 11 is 0. The minimum Gasteiger partial charge on any atom is -0.389 e. The molecule has 0 aliphatic carbocycles. The molecule has 1 saturated heterocycles. The Morgan fingerprint density at radius 2 is 1.70 bits per heavy atom. The Kier molecular flexibility index (Phi) is 8.75. The van der Waals surface area contributed by atoms with E-state index in [0.717, 1.165) is 32.5 Å². The number of rotatable bonds is 9. The SMILES string of the molecule is COCCn1c(=O)c2cc(NC(=O)Nc3cccc(C(C)O)c3)ccc2n(CCN2CCCCC2)c1=O. The molecule has 2 heterocycles. The maximum atomic E-state index is 13.3. The zero-order valence-corrected chi connectivity index (χ0v) is 21.4. The molecule has 0 radical (unpaired) electrons. The van der Waals surface area contributed by atoms with Crippen LogP contribution in [0.4, 0.5) is 16.2 Å². The molecule has 10 heteroatoms. The summed E-state index contributed by atoms with van der Waals surface area (Å²) in [5.74, 6) is 0. The number of likely N-dealkylation sites (tertiary alicyclic amines) is 1. The van der Waals surface area contributed by atoms with Crippen molar-refractivity contribution in [1.29, 1.82) is 0 Å². The molecule has 0 bridgehead atoms. The molecule has 2 amide bonds. The number of fused-ring (bicyclic) bond motifs is 1.